The molecule has 0 aliphatic heterocycles. The number of rotatable bonds is 5. The maximum Gasteiger partial charge on any atom is 0.326 e. The molecule has 0 amide bonds. The van der Waals surface area contributed by atoms with Gasteiger partial charge in [-0.05, 0) is 6.92 Å². The summed E-state index contributed by atoms with van der Waals surface area (Å²) in [6.45, 7) is 1.22. The van der Waals surface area contributed by atoms with E-state index < -0.39 is 30.9 Å². The fraction of sp³-hybridized carbons (Fsp3) is 0.400. The monoisotopic (exact) mass is 248 g/mol. The van der Waals surface area contributed by atoms with Gasteiger partial charge in [-0.15, -0.1) is 0 Å². The van der Waals surface area contributed by atoms with Gasteiger partial charge in [-0.25, -0.2) is 9.37 Å². The fourth-order valence-corrected chi connectivity index (χ4v) is 1.10. The SMILES string of the molecule is Cc1nccn1CC(=O)OCCC(F)=C(F)F. The van der Waals surface area contributed by atoms with Crippen molar-refractivity contribution >= 4 is 5.97 Å². The molecule has 0 bridgehead atoms. The van der Waals surface area contributed by atoms with Gasteiger partial charge in [-0.1, -0.05) is 0 Å². The van der Waals surface area contributed by atoms with Gasteiger partial charge < -0.3 is 9.30 Å². The first kappa shape index (κ1) is 13.3. The molecule has 4 nitrogen and oxygen atoms in total. The summed E-state index contributed by atoms with van der Waals surface area (Å²) in [4.78, 5) is 15.1. The molecular formula is C10H11F3N2O2. The highest BCUT2D eigenvalue weighted by molar-refractivity contribution is 5.69. The van der Waals surface area contributed by atoms with Gasteiger partial charge in [0.05, 0.1) is 6.61 Å². The molecule has 0 spiro atoms. The van der Waals surface area contributed by atoms with E-state index >= 15 is 0 Å². The summed E-state index contributed by atoms with van der Waals surface area (Å²) in [7, 11) is 0. The Morgan fingerprint density at radius 1 is 1.47 bits per heavy atom. The summed E-state index contributed by atoms with van der Waals surface area (Å²) in [6, 6.07) is 0. The first-order valence-corrected chi connectivity index (χ1v) is 4.83. The summed E-state index contributed by atoms with van der Waals surface area (Å²) < 4.78 is 41.8. The van der Waals surface area contributed by atoms with E-state index in [0.717, 1.165) is 0 Å². The van der Waals surface area contributed by atoms with E-state index in [0.29, 0.717) is 5.82 Å². The smallest absolute Gasteiger partial charge is 0.326 e. The van der Waals surface area contributed by atoms with Gasteiger partial charge in [-0.3, -0.25) is 4.79 Å². The molecule has 1 rings (SSSR count). The summed E-state index contributed by atoms with van der Waals surface area (Å²) in [5, 5.41) is 0. The second-order valence-corrected chi connectivity index (χ2v) is 3.24. The van der Waals surface area contributed by atoms with Crippen LogP contribution in [0.4, 0.5) is 13.2 Å². The highest BCUT2D eigenvalue weighted by Crippen LogP contribution is 2.12. The Labute approximate surface area is 95.7 Å². The number of aromatic nitrogens is 2. The fourth-order valence-electron chi connectivity index (χ4n) is 1.10. The van der Waals surface area contributed by atoms with Crippen molar-refractivity contribution in [2.45, 2.75) is 19.9 Å². The van der Waals surface area contributed by atoms with Crippen LogP contribution in [0.3, 0.4) is 0 Å². The van der Waals surface area contributed by atoms with Crippen LogP contribution in [0.15, 0.2) is 24.3 Å². The van der Waals surface area contributed by atoms with Crippen molar-refractivity contribution in [3.63, 3.8) is 0 Å². The summed E-state index contributed by atoms with van der Waals surface area (Å²) in [5.41, 5.74) is 0. The summed E-state index contributed by atoms with van der Waals surface area (Å²) >= 11 is 0. The number of carbonyl (C=O) groups excluding carboxylic acids is 1. The van der Waals surface area contributed by atoms with Gasteiger partial charge in [0.2, 0.25) is 0 Å². The van der Waals surface area contributed by atoms with Crippen molar-refractivity contribution in [2.75, 3.05) is 6.61 Å². The van der Waals surface area contributed by atoms with Crippen LogP contribution in [0.5, 0.6) is 0 Å². The molecule has 1 heterocycles. The molecule has 0 fully saturated rings. The number of hydrogen-bond acceptors (Lipinski definition) is 3. The van der Waals surface area contributed by atoms with Gasteiger partial charge in [-0.2, -0.15) is 8.78 Å². The largest absolute Gasteiger partial charge is 0.464 e. The van der Waals surface area contributed by atoms with E-state index in [9.17, 15) is 18.0 Å². The molecular weight excluding hydrogens is 237 g/mol. The Morgan fingerprint density at radius 2 is 2.18 bits per heavy atom. The molecule has 0 radical (unpaired) electrons. The molecule has 1 aromatic rings. The van der Waals surface area contributed by atoms with Gasteiger partial charge in [0, 0.05) is 18.8 Å². The van der Waals surface area contributed by atoms with Gasteiger partial charge >= 0.3 is 12.0 Å². The second kappa shape index (κ2) is 6.07. The molecule has 17 heavy (non-hydrogen) atoms. The molecule has 0 N–H and O–H groups in total. The Hall–Kier alpha value is -1.79. The highest BCUT2D eigenvalue weighted by atomic mass is 19.3. The summed E-state index contributed by atoms with van der Waals surface area (Å²) in [5.74, 6) is -1.56. The van der Waals surface area contributed by atoms with E-state index in [-0.39, 0.29) is 6.54 Å². The maximum atomic E-state index is 12.3. The third-order valence-corrected chi connectivity index (χ3v) is 2.01. The number of hydrogen-bond donors (Lipinski definition) is 0. The quantitative estimate of drug-likeness (QED) is 0.750. The average Bonchev–Trinajstić information content (AvgIpc) is 2.64. The second-order valence-electron chi connectivity index (χ2n) is 3.24. The van der Waals surface area contributed by atoms with Crippen LogP contribution in [0.25, 0.3) is 0 Å². The molecule has 7 heteroatoms. The third kappa shape index (κ3) is 4.29. The van der Waals surface area contributed by atoms with Crippen LogP contribution < -0.4 is 0 Å². The lowest BCUT2D eigenvalue weighted by atomic mass is 10.4. The van der Waals surface area contributed by atoms with E-state index in [1.807, 2.05) is 0 Å². The Balaban J connectivity index is 2.32. The zero-order chi connectivity index (χ0) is 12.8. The number of nitrogens with zero attached hydrogens (tertiary/aromatic N) is 2. The van der Waals surface area contributed by atoms with Crippen LogP contribution in [-0.2, 0) is 16.1 Å². The molecule has 0 aliphatic carbocycles. The Morgan fingerprint density at radius 3 is 2.71 bits per heavy atom. The molecule has 0 atom stereocenters. The number of aryl methyl sites for hydroxylation is 1. The molecule has 0 aromatic carbocycles. The van der Waals surface area contributed by atoms with Crippen LogP contribution in [0, 0.1) is 6.92 Å². The van der Waals surface area contributed by atoms with Gasteiger partial charge in [0.15, 0.2) is 5.83 Å². The van der Waals surface area contributed by atoms with Crippen LogP contribution in [0.1, 0.15) is 12.2 Å². The van der Waals surface area contributed by atoms with Crippen molar-refractivity contribution in [2.24, 2.45) is 0 Å². The normalized spacial score (nSPS) is 10.1. The van der Waals surface area contributed by atoms with E-state index in [1.165, 1.54) is 10.8 Å². The third-order valence-electron chi connectivity index (χ3n) is 2.01. The van der Waals surface area contributed by atoms with Crippen LogP contribution in [-0.4, -0.2) is 22.1 Å². The van der Waals surface area contributed by atoms with Crippen molar-refractivity contribution in [1.29, 1.82) is 0 Å². The number of esters is 1. The predicted octanol–water partition coefficient (Wildman–Crippen LogP) is 2.20. The molecule has 0 aliphatic rings. The number of ether oxygens (including phenoxy) is 1. The van der Waals surface area contributed by atoms with Crippen LogP contribution in [0.2, 0.25) is 0 Å². The highest BCUT2D eigenvalue weighted by Gasteiger charge is 2.09. The first-order chi connectivity index (χ1) is 8.00. The van der Waals surface area contributed by atoms with Crippen LogP contribution >= 0.6 is 0 Å². The molecule has 1 aromatic heterocycles. The zero-order valence-corrected chi connectivity index (χ0v) is 9.12. The first-order valence-electron chi connectivity index (χ1n) is 4.83. The van der Waals surface area contributed by atoms with Crippen molar-refractivity contribution in [1.82, 2.24) is 9.55 Å². The topological polar surface area (TPSA) is 44.1 Å². The Bertz CT molecular complexity index is 425. The Kier molecular flexibility index (Phi) is 4.74. The van der Waals surface area contributed by atoms with Gasteiger partial charge in [0.1, 0.15) is 12.4 Å². The van der Waals surface area contributed by atoms with Crippen molar-refractivity contribution in [3.05, 3.63) is 30.1 Å². The molecule has 0 saturated carbocycles. The lowest BCUT2D eigenvalue weighted by Gasteiger charge is -2.05. The van der Waals surface area contributed by atoms with Gasteiger partial charge in [0.25, 0.3) is 0 Å². The minimum atomic E-state index is -2.38. The number of carbonyl (C=O) groups is 1. The van der Waals surface area contributed by atoms with E-state index in [2.05, 4.69) is 9.72 Å². The minimum Gasteiger partial charge on any atom is -0.464 e. The molecule has 0 saturated heterocycles. The lowest BCUT2D eigenvalue weighted by Crippen LogP contribution is -2.14. The lowest BCUT2D eigenvalue weighted by molar-refractivity contribution is -0.144. The number of imidazole rings is 1. The minimum absolute atomic E-state index is 0.0741. The molecule has 94 valence electrons. The zero-order valence-electron chi connectivity index (χ0n) is 9.12. The van der Waals surface area contributed by atoms with E-state index in [1.54, 1.807) is 13.1 Å². The van der Waals surface area contributed by atoms with Crippen molar-refractivity contribution < 1.29 is 22.7 Å². The summed E-state index contributed by atoms with van der Waals surface area (Å²) in [6.07, 6.45) is 0.102. The standard InChI is InChI=1S/C10H11F3N2O2/c1-7-14-3-4-15(7)6-9(16)17-5-2-8(11)10(12)13/h3-4H,2,5-6H2,1H3. The average molecular weight is 248 g/mol. The number of halogens is 3. The maximum absolute atomic E-state index is 12.3. The predicted molar refractivity (Wildman–Crippen MR) is 52.9 cm³/mol. The molecule has 0 unspecified atom stereocenters. The van der Waals surface area contributed by atoms with Crippen molar-refractivity contribution in [3.8, 4) is 0 Å². The van der Waals surface area contributed by atoms with E-state index in [4.69, 9.17) is 0 Å².